The topological polar surface area (TPSA) is 6.48 Å². The van der Waals surface area contributed by atoms with E-state index in [1.54, 1.807) is 11.3 Å². The van der Waals surface area contributed by atoms with Crippen LogP contribution in [0.1, 0.15) is 68.6 Å². The molecule has 9 rings (SSSR count). The molecule has 1 aromatic heterocycles. The third-order valence-corrected chi connectivity index (χ3v) is 12.3. The molecule has 0 amide bonds. The Morgan fingerprint density at radius 2 is 1.15 bits per heavy atom. The second kappa shape index (κ2) is 13.6. The molecule has 0 atom stereocenters. The number of thiophene rings is 1. The monoisotopic (exact) mass is 692 g/mol. The maximum absolute atomic E-state index is 2.49. The minimum atomic E-state index is -0.157. The normalized spacial score (nSPS) is 15.2. The van der Waals surface area contributed by atoms with E-state index in [2.05, 4.69) is 187 Å². The summed E-state index contributed by atoms with van der Waals surface area (Å²) in [6.07, 6.45) is 6.73. The van der Waals surface area contributed by atoms with Gasteiger partial charge in [0.15, 0.2) is 0 Å². The molecule has 0 bridgehead atoms. The number of nitrogens with zero attached hydrogens (tertiary/aromatic N) is 2. The Bertz CT molecular complexity index is 2300. The van der Waals surface area contributed by atoms with Crippen molar-refractivity contribution in [2.24, 2.45) is 0 Å². The minimum absolute atomic E-state index is 0.157. The zero-order valence-electron chi connectivity index (χ0n) is 30.0. The van der Waals surface area contributed by atoms with Crippen LogP contribution in [0.2, 0.25) is 0 Å². The molecule has 52 heavy (non-hydrogen) atoms. The third kappa shape index (κ3) is 5.93. The average Bonchev–Trinajstić information content (AvgIpc) is 3.69. The fourth-order valence-electron chi connectivity index (χ4n) is 8.50. The first-order chi connectivity index (χ1) is 25.5. The summed E-state index contributed by atoms with van der Waals surface area (Å²) >= 11 is 1.79. The summed E-state index contributed by atoms with van der Waals surface area (Å²) in [5.41, 5.74) is 15.0. The predicted octanol–water partition coefficient (Wildman–Crippen LogP) is 14.7. The van der Waals surface area contributed by atoms with Gasteiger partial charge in [0.05, 0.1) is 11.4 Å². The Labute approximate surface area is 312 Å². The van der Waals surface area contributed by atoms with E-state index >= 15 is 0 Å². The van der Waals surface area contributed by atoms with Crippen LogP contribution in [0, 0.1) is 0 Å². The van der Waals surface area contributed by atoms with Gasteiger partial charge in [-0.15, -0.1) is 11.3 Å². The van der Waals surface area contributed by atoms with Gasteiger partial charge in [0.1, 0.15) is 5.00 Å². The van der Waals surface area contributed by atoms with E-state index in [0.717, 1.165) is 11.4 Å². The molecule has 1 fully saturated rings. The maximum Gasteiger partial charge on any atom is 0.101 e. The largest absolute Gasteiger partial charge is 0.310 e. The molecule has 7 aromatic rings. The van der Waals surface area contributed by atoms with E-state index < -0.39 is 0 Å². The second-order valence-electron chi connectivity index (χ2n) is 14.9. The maximum atomic E-state index is 2.49. The van der Waals surface area contributed by atoms with Gasteiger partial charge in [0.25, 0.3) is 0 Å². The molecule has 1 aliphatic carbocycles. The van der Waals surface area contributed by atoms with Gasteiger partial charge < -0.3 is 9.80 Å². The van der Waals surface area contributed by atoms with Gasteiger partial charge in [-0.1, -0.05) is 130 Å². The summed E-state index contributed by atoms with van der Waals surface area (Å²) in [4.78, 5) is 4.86. The van der Waals surface area contributed by atoms with Crippen LogP contribution in [0.25, 0.3) is 22.3 Å². The highest BCUT2D eigenvalue weighted by Crippen LogP contribution is 2.53. The molecular weight excluding hydrogens is 649 g/mol. The molecule has 2 aliphatic rings. The van der Waals surface area contributed by atoms with E-state index in [1.165, 1.54) is 93.1 Å². The fraction of sp³-hybridized carbons (Fsp3) is 0.184. The lowest BCUT2D eigenvalue weighted by molar-refractivity contribution is 0.443. The standard InChI is InChI=1S/C49H44N2S/c1-49(2)44-20-12-13-21-46(44)51(43-29-24-38(25-30-43)36-16-8-4-9-17-36)47-31-26-39(32-45(47)49)40-33-48(52-34-40)50(41-18-10-5-11-19-41)42-27-22-37(23-28-42)35-14-6-3-7-15-35/h3,5-7,10-15,18-34,36H,4,8-9,16-17H2,1-2H3. The number of hydrogen-bond donors (Lipinski definition) is 0. The van der Waals surface area contributed by atoms with Crippen LogP contribution >= 0.6 is 11.3 Å². The molecule has 1 aliphatic heterocycles. The van der Waals surface area contributed by atoms with Crippen LogP contribution in [0.3, 0.4) is 0 Å². The van der Waals surface area contributed by atoms with Gasteiger partial charge >= 0.3 is 0 Å². The van der Waals surface area contributed by atoms with Gasteiger partial charge in [-0.3, -0.25) is 0 Å². The van der Waals surface area contributed by atoms with Crippen molar-refractivity contribution in [3.63, 3.8) is 0 Å². The third-order valence-electron chi connectivity index (χ3n) is 11.3. The number of hydrogen-bond acceptors (Lipinski definition) is 3. The molecule has 256 valence electrons. The average molecular weight is 693 g/mol. The van der Waals surface area contributed by atoms with Gasteiger partial charge in [0.2, 0.25) is 0 Å². The van der Waals surface area contributed by atoms with Crippen molar-refractivity contribution in [1.82, 2.24) is 0 Å². The summed E-state index contributed by atoms with van der Waals surface area (Å²) in [6.45, 7) is 4.76. The zero-order chi connectivity index (χ0) is 35.1. The lowest BCUT2D eigenvalue weighted by atomic mass is 9.73. The highest BCUT2D eigenvalue weighted by molar-refractivity contribution is 7.14. The van der Waals surface area contributed by atoms with E-state index in [4.69, 9.17) is 0 Å². The SMILES string of the molecule is CC1(C)c2ccccc2N(c2ccc(C3CCCCC3)cc2)c2ccc(-c3csc(N(c4ccccc4)c4ccc(-c5ccccc5)cc4)c3)cc21. The van der Waals surface area contributed by atoms with Crippen LogP contribution < -0.4 is 9.80 Å². The first-order valence-electron chi connectivity index (χ1n) is 18.8. The van der Waals surface area contributed by atoms with Crippen molar-refractivity contribution in [1.29, 1.82) is 0 Å². The highest BCUT2D eigenvalue weighted by Gasteiger charge is 2.37. The molecule has 0 N–H and O–H groups in total. The van der Waals surface area contributed by atoms with Crippen molar-refractivity contribution in [2.75, 3.05) is 9.80 Å². The number of fused-ring (bicyclic) bond motifs is 2. The summed E-state index contributed by atoms with van der Waals surface area (Å²) in [6, 6.07) is 58.2. The highest BCUT2D eigenvalue weighted by atomic mass is 32.1. The van der Waals surface area contributed by atoms with Crippen LogP contribution in [0.5, 0.6) is 0 Å². The Morgan fingerprint density at radius 1 is 0.538 bits per heavy atom. The smallest absolute Gasteiger partial charge is 0.101 e. The van der Waals surface area contributed by atoms with Crippen molar-refractivity contribution in [2.45, 2.75) is 57.3 Å². The molecular formula is C49H44N2S. The summed E-state index contributed by atoms with van der Waals surface area (Å²) in [7, 11) is 0. The van der Waals surface area contributed by atoms with Crippen molar-refractivity contribution in [3.8, 4) is 22.3 Å². The Morgan fingerprint density at radius 3 is 1.90 bits per heavy atom. The number of anilines is 6. The van der Waals surface area contributed by atoms with E-state index in [0.29, 0.717) is 5.92 Å². The predicted molar refractivity (Wildman–Crippen MR) is 223 cm³/mol. The first-order valence-corrected chi connectivity index (χ1v) is 19.7. The lowest BCUT2D eigenvalue weighted by Gasteiger charge is -2.42. The molecule has 0 spiro atoms. The molecule has 0 saturated heterocycles. The molecule has 0 unspecified atom stereocenters. The minimum Gasteiger partial charge on any atom is -0.310 e. The summed E-state index contributed by atoms with van der Waals surface area (Å²) < 4.78 is 0. The Hall–Kier alpha value is -5.38. The number of benzene rings is 6. The van der Waals surface area contributed by atoms with Crippen molar-refractivity contribution < 1.29 is 0 Å². The molecule has 2 heterocycles. The molecule has 3 heteroatoms. The van der Waals surface area contributed by atoms with Crippen LogP contribution in [-0.2, 0) is 5.41 Å². The van der Waals surface area contributed by atoms with Crippen molar-refractivity contribution in [3.05, 3.63) is 180 Å². The van der Waals surface area contributed by atoms with Gasteiger partial charge in [-0.25, -0.2) is 0 Å². The molecule has 1 saturated carbocycles. The van der Waals surface area contributed by atoms with Gasteiger partial charge in [0, 0.05) is 27.9 Å². The molecule has 2 nitrogen and oxygen atoms in total. The summed E-state index contributed by atoms with van der Waals surface area (Å²) in [5.74, 6) is 0.701. The molecule has 0 radical (unpaired) electrons. The van der Waals surface area contributed by atoms with Crippen LogP contribution in [-0.4, -0.2) is 0 Å². The van der Waals surface area contributed by atoms with E-state index in [9.17, 15) is 0 Å². The number of rotatable bonds is 7. The zero-order valence-corrected chi connectivity index (χ0v) is 30.8. The van der Waals surface area contributed by atoms with Crippen LogP contribution in [0.15, 0.2) is 163 Å². The summed E-state index contributed by atoms with van der Waals surface area (Å²) in [5, 5.41) is 3.51. The van der Waals surface area contributed by atoms with Gasteiger partial charge in [-0.2, -0.15) is 0 Å². The molecule has 6 aromatic carbocycles. The van der Waals surface area contributed by atoms with E-state index in [-0.39, 0.29) is 5.41 Å². The Balaban J connectivity index is 1.08. The van der Waals surface area contributed by atoms with Crippen molar-refractivity contribution >= 4 is 44.8 Å². The number of para-hydroxylation sites is 2. The van der Waals surface area contributed by atoms with E-state index in [1.807, 2.05) is 0 Å². The lowest BCUT2D eigenvalue weighted by Crippen LogP contribution is -2.30. The van der Waals surface area contributed by atoms with Gasteiger partial charge in [-0.05, 0) is 118 Å². The Kier molecular flexibility index (Phi) is 8.53. The van der Waals surface area contributed by atoms with Crippen LogP contribution in [0.4, 0.5) is 33.4 Å². The second-order valence-corrected chi connectivity index (χ2v) is 15.8. The first kappa shape index (κ1) is 32.5. The fourth-order valence-corrected chi connectivity index (χ4v) is 9.46. The quantitative estimate of drug-likeness (QED) is 0.164.